The van der Waals surface area contributed by atoms with Crippen LogP contribution in [0.2, 0.25) is 0 Å². The first-order chi connectivity index (χ1) is 10.2. The Morgan fingerprint density at radius 3 is 2.45 bits per heavy atom. The molecule has 0 amide bonds. The molecule has 0 unspecified atom stereocenters. The summed E-state index contributed by atoms with van der Waals surface area (Å²) in [7, 11) is 1.86. The highest BCUT2D eigenvalue weighted by Gasteiger charge is 2.27. The minimum atomic E-state index is -4.18. The van der Waals surface area contributed by atoms with Crippen molar-refractivity contribution in [1.82, 2.24) is 8.94 Å². The van der Waals surface area contributed by atoms with E-state index in [1.807, 2.05) is 38.5 Å². The first-order valence-corrected chi connectivity index (χ1v) is 8.28. The smallest absolute Gasteiger partial charge is 0.307 e. The van der Waals surface area contributed by atoms with Gasteiger partial charge in [0.1, 0.15) is 5.82 Å². The molecule has 0 saturated carbocycles. The van der Waals surface area contributed by atoms with Gasteiger partial charge >= 0.3 is 6.18 Å². The number of hydrogen-bond donors (Lipinski definition) is 0. The average molecular weight is 347 g/mol. The predicted molar refractivity (Wildman–Crippen MR) is 83.7 cm³/mol. The Morgan fingerprint density at radius 2 is 1.91 bits per heavy atom. The van der Waals surface area contributed by atoms with Crippen molar-refractivity contribution in [1.29, 1.82) is 0 Å². The van der Waals surface area contributed by atoms with Crippen LogP contribution >= 0.6 is 23.3 Å². The number of nitrogens with zero attached hydrogens (tertiary/aromatic N) is 3. The standard InChI is InChI=1S/C14H16F3N3S2/c1-8-5-9(2)12(21-7-14(15,16)17)6-11(8)18-13-20(4)10(3)19-22-13/h5-6H,7H2,1-4H3. The van der Waals surface area contributed by atoms with E-state index in [2.05, 4.69) is 9.37 Å². The molecule has 0 saturated heterocycles. The molecule has 120 valence electrons. The molecule has 0 atom stereocenters. The van der Waals surface area contributed by atoms with Crippen LogP contribution in [0, 0.1) is 20.8 Å². The van der Waals surface area contributed by atoms with Gasteiger partial charge in [-0.25, -0.2) is 4.99 Å². The van der Waals surface area contributed by atoms with E-state index in [4.69, 9.17) is 0 Å². The molecule has 22 heavy (non-hydrogen) atoms. The number of halogens is 3. The molecule has 0 aliphatic heterocycles. The summed E-state index contributed by atoms with van der Waals surface area (Å²) in [4.78, 5) is 5.85. The molecule has 0 fully saturated rings. The molecule has 1 aromatic heterocycles. The number of benzene rings is 1. The van der Waals surface area contributed by atoms with Gasteiger partial charge in [-0.3, -0.25) is 0 Å². The van der Waals surface area contributed by atoms with E-state index in [1.54, 1.807) is 6.07 Å². The van der Waals surface area contributed by atoms with Crippen LogP contribution in [0.4, 0.5) is 18.9 Å². The van der Waals surface area contributed by atoms with Crippen LogP contribution in [-0.2, 0) is 7.05 Å². The minimum absolute atomic E-state index is 0.602. The fourth-order valence-corrected chi connectivity index (χ4v) is 3.35. The summed E-state index contributed by atoms with van der Waals surface area (Å²) in [5.41, 5.74) is 2.44. The van der Waals surface area contributed by atoms with Crippen LogP contribution in [0.3, 0.4) is 0 Å². The Morgan fingerprint density at radius 1 is 1.23 bits per heavy atom. The zero-order valence-corrected chi connectivity index (χ0v) is 14.3. The van der Waals surface area contributed by atoms with Gasteiger partial charge in [-0.15, -0.1) is 11.8 Å². The van der Waals surface area contributed by atoms with Crippen molar-refractivity contribution < 1.29 is 13.2 Å². The molecule has 8 heteroatoms. The third-order valence-corrected chi connectivity index (χ3v) is 5.24. The van der Waals surface area contributed by atoms with E-state index < -0.39 is 11.9 Å². The van der Waals surface area contributed by atoms with Gasteiger partial charge in [0, 0.05) is 23.5 Å². The second-order valence-electron chi connectivity index (χ2n) is 4.99. The lowest BCUT2D eigenvalue weighted by atomic mass is 10.1. The van der Waals surface area contributed by atoms with Gasteiger partial charge in [-0.2, -0.15) is 17.5 Å². The summed E-state index contributed by atoms with van der Waals surface area (Å²) in [5.74, 6) is -0.0516. The summed E-state index contributed by atoms with van der Waals surface area (Å²) in [6.07, 6.45) is -4.18. The Balaban J connectivity index is 2.41. The van der Waals surface area contributed by atoms with Crippen LogP contribution < -0.4 is 4.80 Å². The molecule has 0 N–H and O–H groups in total. The molecule has 3 nitrogen and oxygen atoms in total. The molecular weight excluding hydrogens is 331 g/mol. The fourth-order valence-electron chi connectivity index (χ4n) is 1.82. The molecule has 0 spiro atoms. The fraction of sp³-hybridized carbons (Fsp3) is 0.429. The molecule has 0 bridgehead atoms. The lowest BCUT2D eigenvalue weighted by Crippen LogP contribution is -2.11. The van der Waals surface area contributed by atoms with Gasteiger partial charge in [0.15, 0.2) is 0 Å². The van der Waals surface area contributed by atoms with E-state index in [0.29, 0.717) is 10.6 Å². The maximum atomic E-state index is 12.4. The zero-order valence-electron chi connectivity index (χ0n) is 12.7. The Kier molecular flexibility index (Phi) is 5.01. The Labute approximate surface area is 135 Å². The van der Waals surface area contributed by atoms with Gasteiger partial charge in [-0.1, -0.05) is 6.07 Å². The van der Waals surface area contributed by atoms with Crippen molar-refractivity contribution in [2.24, 2.45) is 12.0 Å². The third-order valence-electron chi connectivity index (χ3n) is 3.13. The van der Waals surface area contributed by atoms with Crippen molar-refractivity contribution in [3.8, 4) is 0 Å². The van der Waals surface area contributed by atoms with Gasteiger partial charge in [-0.05, 0) is 38.0 Å². The lowest BCUT2D eigenvalue weighted by molar-refractivity contribution is -0.105. The molecule has 0 radical (unpaired) electrons. The minimum Gasteiger partial charge on any atom is -0.307 e. The van der Waals surface area contributed by atoms with Crippen molar-refractivity contribution >= 4 is 29.0 Å². The zero-order chi connectivity index (χ0) is 16.5. The lowest BCUT2D eigenvalue weighted by Gasteiger charge is -2.10. The monoisotopic (exact) mass is 347 g/mol. The molecule has 2 rings (SSSR count). The van der Waals surface area contributed by atoms with Crippen molar-refractivity contribution in [2.75, 3.05) is 5.75 Å². The number of aryl methyl sites for hydroxylation is 3. The molecule has 1 aromatic carbocycles. The maximum absolute atomic E-state index is 12.4. The largest absolute Gasteiger partial charge is 0.398 e. The molecule has 1 heterocycles. The summed E-state index contributed by atoms with van der Waals surface area (Å²) < 4.78 is 43.3. The number of aromatic nitrogens is 2. The van der Waals surface area contributed by atoms with Crippen LogP contribution in [0.25, 0.3) is 0 Å². The van der Waals surface area contributed by atoms with E-state index >= 15 is 0 Å². The number of hydrogen-bond acceptors (Lipinski definition) is 4. The maximum Gasteiger partial charge on any atom is 0.398 e. The second-order valence-corrected chi connectivity index (χ2v) is 6.74. The first-order valence-electron chi connectivity index (χ1n) is 6.52. The van der Waals surface area contributed by atoms with E-state index in [-0.39, 0.29) is 0 Å². The summed E-state index contributed by atoms with van der Waals surface area (Å²) >= 11 is 2.06. The van der Waals surface area contributed by atoms with Gasteiger partial charge in [0.25, 0.3) is 0 Å². The van der Waals surface area contributed by atoms with E-state index in [0.717, 1.165) is 33.5 Å². The highest BCUT2D eigenvalue weighted by Crippen LogP contribution is 2.33. The quantitative estimate of drug-likeness (QED) is 0.775. The van der Waals surface area contributed by atoms with Gasteiger partial charge in [0.05, 0.1) is 11.4 Å². The van der Waals surface area contributed by atoms with Gasteiger partial charge in [0.2, 0.25) is 4.80 Å². The summed E-state index contributed by atoms with van der Waals surface area (Å²) in [6.45, 7) is 5.59. The highest BCUT2D eigenvalue weighted by atomic mass is 32.2. The SMILES string of the molecule is Cc1cc(C)c(SCC(F)(F)F)cc1N=c1snc(C)n1C. The van der Waals surface area contributed by atoms with Crippen LogP contribution in [0.15, 0.2) is 22.0 Å². The van der Waals surface area contributed by atoms with E-state index in [9.17, 15) is 13.2 Å². The van der Waals surface area contributed by atoms with Crippen molar-refractivity contribution in [2.45, 2.75) is 31.8 Å². The molecule has 2 aromatic rings. The van der Waals surface area contributed by atoms with Crippen LogP contribution in [0.5, 0.6) is 0 Å². The number of alkyl halides is 3. The number of rotatable bonds is 3. The van der Waals surface area contributed by atoms with Gasteiger partial charge < -0.3 is 4.57 Å². The van der Waals surface area contributed by atoms with Crippen LogP contribution in [-0.4, -0.2) is 20.9 Å². The number of thioether (sulfide) groups is 1. The predicted octanol–water partition coefficient (Wildman–Crippen LogP) is 4.29. The topological polar surface area (TPSA) is 30.2 Å². The Bertz CT molecular complexity index is 745. The molecule has 0 aliphatic carbocycles. The average Bonchev–Trinajstić information content (AvgIpc) is 2.71. The Hall–Kier alpha value is -1.28. The second kappa shape index (κ2) is 6.45. The summed E-state index contributed by atoms with van der Waals surface area (Å²) in [6, 6.07) is 3.58. The normalized spacial score (nSPS) is 13.0. The van der Waals surface area contributed by atoms with Crippen molar-refractivity contribution in [3.05, 3.63) is 33.9 Å². The van der Waals surface area contributed by atoms with E-state index in [1.165, 1.54) is 11.5 Å². The molecular formula is C14H16F3N3S2. The molecule has 0 aliphatic rings. The van der Waals surface area contributed by atoms with Crippen molar-refractivity contribution in [3.63, 3.8) is 0 Å². The summed E-state index contributed by atoms with van der Waals surface area (Å²) in [5, 5.41) is 0. The van der Waals surface area contributed by atoms with Crippen LogP contribution in [0.1, 0.15) is 17.0 Å². The highest BCUT2D eigenvalue weighted by molar-refractivity contribution is 7.99. The third kappa shape index (κ3) is 4.13. The first kappa shape index (κ1) is 17.1.